The summed E-state index contributed by atoms with van der Waals surface area (Å²) >= 11 is 0. The maximum Gasteiger partial charge on any atom is 0.330 e. The third-order valence-corrected chi connectivity index (χ3v) is 4.92. The fourth-order valence-corrected chi connectivity index (χ4v) is 3.55. The van der Waals surface area contributed by atoms with Crippen molar-refractivity contribution >= 4 is 17.8 Å². The van der Waals surface area contributed by atoms with Crippen LogP contribution in [0.3, 0.4) is 0 Å². The largest absolute Gasteiger partial charge is 0.330 e. The van der Waals surface area contributed by atoms with Gasteiger partial charge < -0.3 is 4.90 Å². The summed E-state index contributed by atoms with van der Waals surface area (Å²) in [6, 6.07) is -0.536. The van der Waals surface area contributed by atoms with Crippen LogP contribution < -0.4 is 5.32 Å². The lowest BCUT2D eigenvalue weighted by atomic mass is 9.66. The summed E-state index contributed by atoms with van der Waals surface area (Å²) in [4.78, 5) is 39.9. The summed E-state index contributed by atoms with van der Waals surface area (Å²) < 4.78 is 0. The number of imide groups is 2. The standard InChI is InChI=1S/C14H21N3O3/c1-16-7-2-4-10(8-16)9-17-12(19)14(5-3-6-14)11(18)15-13(17)20/h10H,2-9H2,1H3,(H,15,18,20). The molecule has 1 spiro atoms. The molecule has 0 aromatic heterocycles. The number of amides is 4. The highest BCUT2D eigenvalue weighted by molar-refractivity contribution is 6.19. The van der Waals surface area contributed by atoms with E-state index in [0.717, 1.165) is 32.4 Å². The van der Waals surface area contributed by atoms with E-state index in [2.05, 4.69) is 17.3 Å². The quantitative estimate of drug-likeness (QED) is 0.751. The Bertz CT molecular complexity index is 459. The first-order valence-electron chi connectivity index (χ1n) is 7.39. The van der Waals surface area contributed by atoms with E-state index in [-0.39, 0.29) is 5.91 Å². The van der Waals surface area contributed by atoms with E-state index >= 15 is 0 Å². The molecule has 110 valence electrons. The number of carbonyl (C=O) groups is 3. The SMILES string of the molecule is CN1CCCC(CN2C(=O)NC(=O)C3(CCC3)C2=O)C1. The molecular weight excluding hydrogens is 258 g/mol. The van der Waals surface area contributed by atoms with Crippen molar-refractivity contribution in [1.82, 2.24) is 15.1 Å². The van der Waals surface area contributed by atoms with Crippen molar-refractivity contribution in [1.29, 1.82) is 0 Å². The van der Waals surface area contributed by atoms with Crippen LogP contribution in [0.5, 0.6) is 0 Å². The second-order valence-electron chi connectivity index (χ2n) is 6.38. The molecule has 20 heavy (non-hydrogen) atoms. The molecule has 2 heterocycles. The van der Waals surface area contributed by atoms with Crippen LogP contribution in [0.1, 0.15) is 32.1 Å². The number of nitrogens with zero attached hydrogens (tertiary/aromatic N) is 2. The number of barbiturate groups is 1. The highest BCUT2D eigenvalue weighted by Crippen LogP contribution is 2.44. The Morgan fingerprint density at radius 2 is 2.00 bits per heavy atom. The van der Waals surface area contributed by atoms with Crippen LogP contribution in [0.4, 0.5) is 4.79 Å². The Morgan fingerprint density at radius 1 is 1.25 bits per heavy atom. The maximum atomic E-state index is 12.5. The summed E-state index contributed by atoms with van der Waals surface area (Å²) in [5.41, 5.74) is -0.936. The van der Waals surface area contributed by atoms with E-state index in [1.54, 1.807) is 0 Å². The molecule has 3 aliphatic rings. The van der Waals surface area contributed by atoms with Crippen molar-refractivity contribution in [3.8, 4) is 0 Å². The van der Waals surface area contributed by atoms with E-state index in [0.29, 0.717) is 25.3 Å². The molecule has 4 amide bonds. The van der Waals surface area contributed by atoms with Crippen LogP contribution in [0, 0.1) is 11.3 Å². The summed E-state index contributed by atoms with van der Waals surface area (Å²) in [5.74, 6) is -0.352. The zero-order chi connectivity index (χ0) is 14.3. The molecule has 3 fully saturated rings. The van der Waals surface area contributed by atoms with Crippen molar-refractivity contribution in [3.63, 3.8) is 0 Å². The molecule has 2 aliphatic heterocycles. The zero-order valence-corrected chi connectivity index (χ0v) is 11.9. The van der Waals surface area contributed by atoms with Gasteiger partial charge in [0.15, 0.2) is 0 Å². The number of rotatable bonds is 2. The Kier molecular flexibility index (Phi) is 3.28. The molecule has 1 N–H and O–H groups in total. The molecule has 6 nitrogen and oxygen atoms in total. The number of hydrogen-bond donors (Lipinski definition) is 1. The number of urea groups is 1. The molecule has 0 bridgehead atoms. The monoisotopic (exact) mass is 279 g/mol. The van der Waals surface area contributed by atoms with E-state index in [1.807, 2.05) is 0 Å². The molecule has 1 atom stereocenters. The number of hydrogen-bond acceptors (Lipinski definition) is 4. The number of carbonyl (C=O) groups excluding carboxylic acids is 3. The van der Waals surface area contributed by atoms with Crippen LogP contribution in [0.2, 0.25) is 0 Å². The van der Waals surface area contributed by atoms with Crippen molar-refractivity contribution in [2.75, 3.05) is 26.7 Å². The second kappa shape index (κ2) is 4.84. The highest BCUT2D eigenvalue weighted by atomic mass is 16.2. The minimum atomic E-state index is -0.936. The first kappa shape index (κ1) is 13.5. The fourth-order valence-electron chi connectivity index (χ4n) is 3.55. The summed E-state index contributed by atoms with van der Waals surface area (Å²) in [6.07, 6.45) is 4.16. The van der Waals surface area contributed by atoms with Gasteiger partial charge in [0.1, 0.15) is 5.41 Å². The topological polar surface area (TPSA) is 69.7 Å². The lowest BCUT2D eigenvalue weighted by Crippen LogP contribution is -2.66. The van der Waals surface area contributed by atoms with E-state index in [4.69, 9.17) is 0 Å². The molecule has 0 aromatic carbocycles. The number of nitrogens with one attached hydrogen (secondary N) is 1. The van der Waals surface area contributed by atoms with E-state index < -0.39 is 17.4 Å². The van der Waals surface area contributed by atoms with E-state index in [9.17, 15) is 14.4 Å². The molecule has 1 unspecified atom stereocenters. The maximum absolute atomic E-state index is 12.5. The Balaban J connectivity index is 1.73. The minimum absolute atomic E-state index is 0.272. The molecule has 0 radical (unpaired) electrons. The van der Waals surface area contributed by atoms with Crippen LogP contribution >= 0.6 is 0 Å². The molecule has 1 saturated carbocycles. The normalized spacial score (nSPS) is 30.4. The van der Waals surface area contributed by atoms with Gasteiger partial charge >= 0.3 is 6.03 Å². The minimum Gasteiger partial charge on any atom is -0.306 e. The predicted octanol–water partition coefficient (Wildman–Crippen LogP) is 0.577. The highest BCUT2D eigenvalue weighted by Gasteiger charge is 2.57. The zero-order valence-electron chi connectivity index (χ0n) is 11.9. The van der Waals surface area contributed by atoms with Gasteiger partial charge in [0, 0.05) is 13.1 Å². The molecule has 2 saturated heterocycles. The lowest BCUT2D eigenvalue weighted by Gasteiger charge is -2.45. The fraction of sp³-hybridized carbons (Fsp3) is 0.786. The summed E-state index contributed by atoms with van der Waals surface area (Å²) in [6.45, 7) is 2.40. The average Bonchev–Trinajstić information content (AvgIpc) is 2.33. The van der Waals surface area contributed by atoms with Crippen LogP contribution in [-0.4, -0.2) is 54.3 Å². The third-order valence-electron chi connectivity index (χ3n) is 4.92. The summed E-state index contributed by atoms with van der Waals surface area (Å²) in [7, 11) is 2.06. The predicted molar refractivity (Wildman–Crippen MR) is 71.8 cm³/mol. The first-order chi connectivity index (χ1) is 9.53. The van der Waals surface area contributed by atoms with Gasteiger partial charge in [-0.15, -0.1) is 0 Å². The molecule has 1 aliphatic carbocycles. The number of piperidine rings is 1. The van der Waals surface area contributed by atoms with Gasteiger partial charge in [-0.1, -0.05) is 6.42 Å². The Hall–Kier alpha value is -1.43. The third kappa shape index (κ3) is 2.02. The van der Waals surface area contributed by atoms with Gasteiger partial charge in [0.25, 0.3) is 0 Å². The second-order valence-corrected chi connectivity index (χ2v) is 6.38. The van der Waals surface area contributed by atoms with Gasteiger partial charge in [-0.2, -0.15) is 0 Å². The van der Waals surface area contributed by atoms with Gasteiger partial charge in [-0.25, -0.2) is 4.79 Å². The van der Waals surface area contributed by atoms with Gasteiger partial charge in [0.2, 0.25) is 11.8 Å². The summed E-state index contributed by atoms with van der Waals surface area (Å²) in [5, 5.41) is 2.37. The average molecular weight is 279 g/mol. The molecular formula is C14H21N3O3. The molecule has 0 aromatic rings. The smallest absolute Gasteiger partial charge is 0.306 e. The van der Waals surface area contributed by atoms with Gasteiger partial charge in [0.05, 0.1) is 0 Å². The van der Waals surface area contributed by atoms with Crippen LogP contribution in [-0.2, 0) is 9.59 Å². The van der Waals surface area contributed by atoms with Crippen LogP contribution in [0.25, 0.3) is 0 Å². The van der Waals surface area contributed by atoms with Crippen molar-refractivity contribution < 1.29 is 14.4 Å². The Labute approximate surface area is 118 Å². The first-order valence-corrected chi connectivity index (χ1v) is 7.39. The van der Waals surface area contributed by atoms with Crippen molar-refractivity contribution in [3.05, 3.63) is 0 Å². The van der Waals surface area contributed by atoms with Gasteiger partial charge in [-0.05, 0) is 45.2 Å². The van der Waals surface area contributed by atoms with Crippen molar-refractivity contribution in [2.24, 2.45) is 11.3 Å². The molecule has 3 rings (SSSR count). The lowest BCUT2D eigenvalue weighted by molar-refractivity contribution is -0.158. The Morgan fingerprint density at radius 3 is 2.60 bits per heavy atom. The van der Waals surface area contributed by atoms with Gasteiger partial charge in [-0.3, -0.25) is 19.8 Å². The molecule has 6 heteroatoms. The number of likely N-dealkylation sites (tertiary alicyclic amines) is 1. The van der Waals surface area contributed by atoms with Crippen LogP contribution in [0.15, 0.2) is 0 Å². The van der Waals surface area contributed by atoms with E-state index in [1.165, 1.54) is 4.90 Å². The van der Waals surface area contributed by atoms with Crippen molar-refractivity contribution in [2.45, 2.75) is 32.1 Å².